The zero-order chi connectivity index (χ0) is 9.44. The fourth-order valence-corrected chi connectivity index (χ4v) is 0.175. The molecule has 3 nitrogen and oxygen atoms in total. The highest BCUT2D eigenvalue weighted by atomic mass is 79.9. The van der Waals surface area contributed by atoms with Gasteiger partial charge in [0, 0.05) is 21.4 Å². The van der Waals surface area contributed by atoms with Crippen LogP contribution in [0.5, 0.6) is 0 Å². The molecule has 0 bridgehead atoms. The maximum absolute atomic E-state index is 9.88. The minimum atomic E-state index is -1.67. The molecule has 11 heavy (non-hydrogen) atoms. The second-order valence-electron chi connectivity index (χ2n) is 1.40. The van der Waals surface area contributed by atoms with Crippen LogP contribution in [0.4, 0.5) is 0 Å². The summed E-state index contributed by atoms with van der Waals surface area (Å²) < 4.78 is 9.09. The van der Waals surface area contributed by atoms with Gasteiger partial charge in [0.15, 0.2) is 0 Å². The van der Waals surface area contributed by atoms with Gasteiger partial charge in [-0.05, 0) is 6.42 Å². The molecule has 7 heteroatoms. The third-order valence-electron chi connectivity index (χ3n) is 0.626. The van der Waals surface area contributed by atoms with Crippen molar-refractivity contribution in [3.8, 4) is 0 Å². The van der Waals surface area contributed by atoms with Gasteiger partial charge >= 0.3 is 5.97 Å². The Bertz CT molecular complexity index is 139. The van der Waals surface area contributed by atoms with Crippen LogP contribution in [0.15, 0.2) is 0 Å². The quantitative estimate of drug-likeness (QED) is 0.626. The summed E-state index contributed by atoms with van der Waals surface area (Å²) in [5.41, 5.74) is 0. The Labute approximate surface area is 84.7 Å². The molecule has 0 fully saturated rings. The van der Waals surface area contributed by atoms with Crippen molar-refractivity contribution in [1.29, 1.82) is 0 Å². The SMILES string of the molecule is CCC(Br)C(=O)O.O=S(Cl)Cl. The Morgan fingerprint density at radius 1 is 1.73 bits per heavy atom. The van der Waals surface area contributed by atoms with Gasteiger partial charge in [0.1, 0.15) is 4.83 Å². The standard InChI is InChI=1S/C4H7BrO2.Cl2OS/c1-2-3(5)4(6)7;1-4(2)3/h3H,2H2,1H3,(H,6,7);. The lowest BCUT2D eigenvalue weighted by Gasteiger charge is -1.94. The average Bonchev–Trinajstić information content (AvgIpc) is 1.85. The third-order valence-corrected chi connectivity index (χ3v) is 1.67. The van der Waals surface area contributed by atoms with E-state index >= 15 is 0 Å². The minimum Gasteiger partial charge on any atom is -0.480 e. The van der Waals surface area contributed by atoms with Crippen molar-refractivity contribution in [2.45, 2.75) is 18.2 Å². The van der Waals surface area contributed by atoms with E-state index in [1.165, 1.54) is 0 Å². The third kappa shape index (κ3) is 18.0. The van der Waals surface area contributed by atoms with Gasteiger partial charge in [0.2, 0.25) is 9.23 Å². The van der Waals surface area contributed by atoms with E-state index in [0.717, 1.165) is 0 Å². The molecule has 68 valence electrons. The monoisotopic (exact) mass is 284 g/mol. The van der Waals surface area contributed by atoms with E-state index < -0.39 is 15.2 Å². The number of halogens is 3. The summed E-state index contributed by atoms with van der Waals surface area (Å²) in [6.07, 6.45) is 0.634. The van der Waals surface area contributed by atoms with Crippen molar-refractivity contribution in [1.82, 2.24) is 0 Å². The molecule has 1 unspecified atom stereocenters. The number of hydrogen-bond donors (Lipinski definition) is 1. The Morgan fingerprint density at radius 3 is 2.00 bits per heavy atom. The number of rotatable bonds is 2. The first-order valence-electron chi connectivity index (χ1n) is 2.53. The number of carboxylic acid groups (broad SMARTS) is 1. The van der Waals surface area contributed by atoms with E-state index in [1.807, 2.05) is 6.92 Å². The number of carboxylic acids is 1. The second kappa shape index (κ2) is 8.77. The summed E-state index contributed by atoms with van der Waals surface area (Å²) in [5, 5.41) is 8.14. The topological polar surface area (TPSA) is 54.4 Å². The second-order valence-corrected chi connectivity index (χ2v) is 5.03. The number of hydrogen-bond acceptors (Lipinski definition) is 2. The largest absolute Gasteiger partial charge is 0.480 e. The Kier molecular flexibility index (Phi) is 11.3. The maximum atomic E-state index is 9.88. The lowest BCUT2D eigenvalue weighted by molar-refractivity contribution is -0.136. The Hall–Kier alpha value is 0.680. The van der Waals surface area contributed by atoms with Gasteiger partial charge in [-0.1, -0.05) is 22.9 Å². The molecular formula is C4H7BrCl2O3S. The molecule has 0 radical (unpaired) electrons. The van der Waals surface area contributed by atoms with Crippen LogP contribution >= 0.6 is 37.3 Å². The van der Waals surface area contributed by atoms with Gasteiger partial charge < -0.3 is 5.11 Å². The average molecular weight is 286 g/mol. The lowest BCUT2D eigenvalue weighted by Crippen LogP contribution is -2.09. The van der Waals surface area contributed by atoms with Crippen molar-refractivity contribution in [3.05, 3.63) is 0 Å². The highest BCUT2D eigenvalue weighted by molar-refractivity contribution is 9.10. The summed E-state index contributed by atoms with van der Waals surface area (Å²) in [5.74, 6) is -0.789. The number of carbonyl (C=O) groups is 1. The van der Waals surface area contributed by atoms with Gasteiger partial charge in [-0.2, -0.15) is 0 Å². The predicted molar refractivity (Wildman–Crippen MR) is 50.5 cm³/mol. The molecule has 0 aromatic carbocycles. The summed E-state index contributed by atoms with van der Waals surface area (Å²) >= 11 is 2.94. The molecule has 0 aliphatic heterocycles. The fraction of sp³-hybridized carbons (Fsp3) is 0.750. The molecule has 0 amide bonds. The Morgan fingerprint density at radius 2 is 2.00 bits per heavy atom. The summed E-state index contributed by atoms with van der Waals surface area (Å²) in [4.78, 5) is 9.52. The maximum Gasteiger partial charge on any atom is 0.317 e. The first-order valence-corrected chi connectivity index (χ1v) is 6.24. The van der Waals surface area contributed by atoms with Gasteiger partial charge in [0.05, 0.1) is 0 Å². The lowest BCUT2D eigenvalue weighted by atomic mass is 10.3. The zero-order valence-corrected chi connectivity index (χ0v) is 9.50. The highest BCUT2D eigenvalue weighted by Crippen LogP contribution is 2.02. The van der Waals surface area contributed by atoms with Crippen LogP contribution in [0.25, 0.3) is 0 Å². The molecule has 0 aliphatic rings. The van der Waals surface area contributed by atoms with Crippen LogP contribution in [0.2, 0.25) is 0 Å². The van der Waals surface area contributed by atoms with Crippen molar-refractivity contribution >= 4 is 52.5 Å². The van der Waals surface area contributed by atoms with Crippen molar-refractivity contribution < 1.29 is 14.1 Å². The molecule has 0 aromatic heterocycles. The van der Waals surface area contributed by atoms with Gasteiger partial charge in [0.25, 0.3) is 0 Å². The van der Waals surface area contributed by atoms with Crippen LogP contribution in [0.3, 0.4) is 0 Å². The normalized spacial score (nSPS) is 11.7. The smallest absolute Gasteiger partial charge is 0.317 e. The van der Waals surface area contributed by atoms with Crippen LogP contribution in [0.1, 0.15) is 13.3 Å². The van der Waals surface area contributed by atoms with Crippen molar-refractivity contribution in [3.63, 3.8) is 0 Å². The number of aliphatic carboxylic acids is 1. The molecule has 0 saturated heterocycles. The van der Waals surface area contributed by atoms with Gasteiger partial charge in [-0.15, -0.1) is 0 Å². The molecule has 0 heterocycles. The number of alkyl halides is 1. The van der Waals surface area contributed by atoms with E-state index in [4.69, 9.17) is 9.32 Å². The molecule has 0 aliphatic carbocycles. The van der Waals surface area contributed by atoms with E-state index in [-0.39, 0.29) is 4.83 Å². The molecule has 0 spiro atoms. The summed E-state index contributed by atoms with van der Waals surface area (Å²) in [6.45, 7) is 1.81. The summed E-state index contributed by atoms with van der Waals surface area (Å²) in [7, 11) is 7.36. The van der Waals surface area contributed by atoms with E-state index in [9.17, 15) is 4.79 Å². The van der Waals surface area contributed by atoms with Crippen LogP contribution < -0.4 is 0 Å². The van der Waals surface area contributed by atoms with Gasteiger partial charge in [-0.3, -0.25) is 4.79 Å². The van der Waals surface area contributed by atoms with E-state index in [2.05, 4.69) is 37.3 Å². The van der Waals surface area contributed by atoms with E-state index in [1.54, 1.807) is 0 Å². The Balaban J connectivity index is 0. The fourth-order valence-electron chi connectivity index (χ4n) is 0.175. The van der Waals surface area contributed by atoms with Crippen molar-refractivity contribution in [2.24, 2.45) is 0 Å². The van der Waals surface area contributed by atoms with Crippen molar-refractivity contribution in [2.75, 3.05) is 0 Å². The molecule has 0 aromatic rings. The van der Waals surface area contributed by atoms with Crippen LogP contribution in [-0.2, 0) is 14.0 Å². The molecule has 1 N–H and O–H groups in total. The van der Waals surface area contributed by atoms with Crippen LogP contribution in [-0.4, -0.2) is 20.1 Å². The first-order chi connectivity index (χ1) is 4.91. The zero-order valence-electron chi connectivity index (χ0n) is 5.59. The minimum absolute atomic E-state index is 0.368. The highest BCUT2D eigenvalue weighted by Gasteiger charge is 2.07. The molecule has 0 saturated carbocycles. The molecule has 0 rings (SSSR count). The van der Waals surface area contributed by atoms with E-state index in [0.29, 0.717) is 6.42 Å². The van der Waals surface area contributed by atoms with Gasteiger partial charge in [-0.25, -0.2) is 4.21 Å². The first kappa shape index (κ1) is 14.2. The molecular weight excluding hydrogens is 279 g/mol. The summed E-state index contributed by atoms with van der Waals surface area (Å²) in [6, 6.07) is 0. The van der Waals surface area contributed by atoms with Crippen LogP contribution in [0, 0.1) is 0 Å². The predicted octanol–water partition coefficient (Wildman–Crippen LogP) is 2.29. The molecule has 1 atom stereocenters.